The normalized spacial score (nSPS) is 36.2. The summed E-state index contributed by atoms with van der Waals surface area (Å²) in [4.78, 5) is 0. The average Bonchev–Trinajstić information content (AvgIpc) is 2.89. The van der Waals surface area contributed by atoms with Crippen LogP contribution in [-0.2, 0) is 11.8 Å². The summed E-state index contributed by atoms with van der Waals surface area (Å²) >= 11 is 0. The van der Waals surface area contributed by atoms with Crippen LogP contribution < -0.4 is 0 Å². The Bertz CT molecular complexity index is 954. The Labute approximate surface area is 208 Å². The molecule has 0 radical (unpaired) electrons. The van der Waals surface area contributed by atoms with Crippen LogP contribution in [0.1, 0.15) is 145 Å². The molecule has 6 fully saturated rings. The fourth-order valence-electron chi connectivity index (χ4n) is 9.13. The van der Waals surface area contributed by atoms with Gasteiger partial charge in [-0.15, -0.1) is 0 Å². The zero-order valence-electron chi connectivity index (χ0n) is 21.8. The molecule has 0 amide bonds. The van der Waals surface area contributed by atoms with Crippen molar-refractivity contribution in [2.45, 2.75) is 135 Å². The zero-order valence-corrected chi connectivity index (χ0v) is 21.8. The van der Waals surface area contributed by atoms with Gasteiger partial charge in [0.1, 0.15) is 12.1 Å². The van der Waals surface area contributed by atoms with E-state index in [-0.39, 0.29) is 5.41 Å². The van der Waals surface area contributed by atoms with Crippen LogP contribution in [0.5, 0.6) is 0 Å². The van der Waals surface area contributed by atoms with Gasteiger partial charge < -0.3 is 0 Å². The molecule has 34 heavy (non-hydrogen) atoms. The molecule has 7 rings (SSSR count). The van der Waals surface area contributed by atoms with Crippen LogP contribution in [0.25, 0.3) is 0 Å². The van der Waals surface area contributed by atoms with Gasteiger partial charge in [-0.1, -0.05) is 38.8 Å². The molecule has 0 heterocycles. The quantitative estimate of drug-likeness (QED) is 0.392. The number of nitrogens with zero attached hydrogens (tertiary/aromatic N) is 2. The van der Waals surface area contributed by atoms with Gasteiger partial charge in [0.2, 0.25) is 0 Å². The minimum Gasteiger partial charge on any atom is -0.192 e. The summed E-state index contributed by atoms with van der Waals surface area (Å²) in [7, 11) is 0. The molecular weight excluding hydrogens is 412 g/mol. The van der Waals surface area contributed by atoms with E-state index in [1.165, 1.54) is 115 Å². The maximum Gasteiger partial charge on any atom is 0.101 e. The summed E-state index contributed by atoms with van der Waals surface area (Å²) in [6, 6.07) is 9.56. The summed E-state index contributed by atoms with van der Waals surface area (Å²) in [5.41, 5.74) is 5.60. The molecule has 6 aliphatic rings. The van der Waals surface area contributed by atoms with Crippen molar-refractivity contribution >= 4 is 0 Å². The third kappa shape index (κ3) is 3.91. The predicted molar refractivity (Wildman–Crippen MR) is 138 cm³/mol. The van der Waals surface area contributed by atoms with Gasteiger partial charge in [0.15, 0.2) is 0 Å². The minimum atomic E-state index is 0.138. The highest BCUT2D eigenvalue weighted by molar-refractivity contribution is 5.57. The van der Waals surface area contributed by atoms with Gasteiger partial charge in [-0.05, 0) is 136 Å². The molecule has 0 aliphatic heterocycles. The molecule has 2 heteroatoms. The van der Waals surface area contributed by atoms with E-state index in [4.69, 9.17) is 0 Å². The first-order valence-electron chi connectivity index (χ1n) is 14.4. The lowest BCUT2D eigenvalue weighted by molar-refractivity contribution is -0.0195. The van der Waals surface area contributed by atoms with Gasteiger partial charge in [0.05, 0.1) is 11.1 Å². The molecule has 0 unspecified atom stereocenters. The average molecular weight is 457 g/mol. The lowest BCUT2D eigenvalue weighted by Crippen LogP contribution is -2.44. The highest BCUT2D eigenvalue weighted by Gasteiger charge is 2.50. The molecule has 0 saturated heterocycles. The van der Waals surface area contributed by atoms with Gasteiger partial charge in [0, 0.05) is 0 Å². The highest BCUT2D eigenvalue weighted by atomic mass is 14.5. The van der Waals surface area contributed by atoms with Crippen molar-refractivity contribution in [2.75, 3.05) is 0 Å². The maximum absolute atomic E-state index is 10.2. The van der Waals surface area contributed by atoms with Crippen molar-refractivity contribution in [3.05, 3.63) is 34.4 Å². The van der Waals surface area contributed by atoms with Crippen molar-refractivity contribution in [3.63, 3.8) is 0 Å². The van der Waals surface area contributed by atoms with E-state index in [0.29, 0.717) is 21.8 Å². The number of benzene rings is 1. The van der Waals surface area contributed by atoms with Gasteiger partial charge in [0.25, 0.3) is 0 Å². The van der Waals surface area contributed by atoms with Crippen LogP contribution in [0, 0.1) is 38.9 Å². The Balaban J connectivity index is 1.34. The summed E-state index contributed by atoms with van der Waals surface area (Å²) in [5.74, 6) is 0. The molecule has 2 nitrogen and oxygen atoms in total. The Morgan fingerprint density at radius 3 is 1.50 bits per heavy atom. The molecule has 0 N–H and O–H groups in total. The lowest BCUT2D eigenvalue weighted by Gasteiger charge is -2.54. The summed E-state index contributed by atoms with van der Waals surface area (Å²) in [6.45, 7) is 4.66. The molecule has 0 atom stereocenters. The second kappa shape index (κ2) is 9.01. The van der Waals surface area contributed by atoms with Crippen LogP contribution in [0.2, 0.25) is 0 Å². The minimum absolute atomic E-state index is 0.138. The number of hydrogen-bond donors (Lipinski definition) is 0. The fraction of sp³-hybridized carbons (Fsp3) is 0.750. The maximum atomic E-state index is 10.2. The third-order valence-electron chi connectivity index (χ3n) is 11.5. The number of nitriles is 2. The third-order valence-corrected chi connectivity index (χ3v) is 11.5. The molecule has 1 aromatic carbocycles. The van der Waals surface area contributed by atoms with Crippen LogP contribution in [-0.4, -0.2) is 0 Å². The summed E-state index contributed by atoms with van der Waals surface area (Å²) in [6.07, 6.45) is 23.4. The van der Waals surface area contributed by atoms with Crippen molar-refractivity contribution in [2.24, 2.45) is 16.2 Å². The second-order valence-electron chi connectivity index (χ2n) is 13.0. The molecule has 4 bridgehead atoms. The number of aryl methyl sites for hydroxylation is 1. The van der Waals surface area contributed by atoms with Crippen LogP contribution in [0.4, 0.5) is 0 Å². The van der Waals surface area contributed by atoms with Crippen molar-refractivity contribution in [1.82, 2.24) is 0 Å². The van der Waals surface area contributed by atoms with Crippen LogP contribution in [0.3, 0.4) is 0 Å². The zero-order chi connectivity index (χ0) is 23.9. The number of fused-ring (bicyclic) bond motifs is 6. The summed E-state index contributed by atoms with van der Waals surface area (Å²) < 4.78 is 0. The van der Waals surface area contributed by atoms with E-state index in [9.17, 15) is 10.5 Å². The fourth-order valence-corrected chi connectivity index (χ4v) is 9.13. The van der Waals surface area contributed by atoms with Gasteiger partial charge in [-0.2, -0.15) is 10.5 Å². The smallest absolute Gasteiger partial charge is 0.101 e. The second-order valence-corrected chi connectivity index (χ2v) is 13.0. The van der Waals surface area contributed by atoms with Crippen LogP contribution >= 0.6 is 0 Å². The number of rotatable bonds is 8. The van der Waals surface area contributed by atoms with Crippen LogP contribution in [0.15, 0.2) is 12.1 Å². The standard InChI is InChI=1S/C32H44N2/c1-3-8-29-11-14-31(15-12-29,16-13-29)10-7-25-5-6-28(27(24-34)26(25)23-33)32-20-17-30(9-4-2,18-21-32)19-22-32/h5-6H,3-4,7-22H2,1-2H3. The monoisotopic (exact) mass is 456 g/mol. The van der Waals surface area contributed by atoms with E-state index in [1.54, 1.807) is 0 Å². The number of hydrogen-bond acceptors (Lipinski definition) is 2. The highest BCUT2D eigenvalue weighted by Crippen LogP contribution is 2.61. The van der Waals surface area contributed by atoms with Gasteiger partial charge >= 0.3 is 0 Å². The first kappa shape index (κ1) is 23.9. The summed E-state index contributed by atoms with van der Waals surface area (Å²) in [5, 5.41) is 20.4. The molecule has 1 aromatic rings. The van der Waals surface area contributed by atoms with Crippen molar-refractivity contribution < 1.29 is 0 Å². The Morgan fingerprint density at radius 2 is 1.06 bits per heavy atom. The molecule has 6 saturated carbocycles. The van der Waals surface area contributed by atoms with Gasteiger partial charge in [-0.25, -0.2) is 0 Å². The van der Waals surface area contributed by atoms with E-state index >= 15 is 0 Å². The molecule has 0 spiro atoms. The Hall–Kier alpha value is -1.80. The lowest BCUT2D eigenvalue weighted by atomic mass is 9.50. The van der Waals surface area contributed by atoms with Crippen molar-refractivity contribution in [3.8, 4) is 12.1 Å². The first-order chi connectivity index (χ1) is 16.5. The van der Waals surface area contributed by atoms with E-state index < -0.39 is 0 Å². The van der Waals surface area contributed by atoms with Crippen molar-refractivity contribution in [1.29, 1.82) is 10.5 Å². The SMILES string of the molecule is CCCC12CCC(CCc3ccc(C45CCC(CCC)(CC4)CC5)c(C#N)c3C#N)(CC1)CC2. The Kier molecular flexibility index (Phi) is 6.34. The van der Waals surface area contributed by atoms with E-state index in [0.717, 1.165) is 17.5 Å². The van der Waals surface area contributed by atoms with E-state index in [1.807, 2.05) is 0 Å². The van der Waals surface area contributed by atoms with E-state index in [2.05, 4.69) is 38.1 Å². The first-order valence-corrected chi connectivity index (χ1v) is 14.4. The molecule has 0 aromatic heterocycles. The van der Waals surface area contributed by atoms with Gasteiger partial charge in [-0.3, -0.25) is 0 Å². The molecule has 182 valence electrons. The predicted octanol–water partition coefficient (Wildman–Crippen LogP) is 8.90. The Morgan fingerprint density at radius 1 is 0.618 bits per heavy atom. The molecule has 6 aliphatic carbocycles. The largest absolute Gasteiger partial charge is 0.192 e. The molecular formula is C32H44N2. The topological polar surface area (TPSA) is 47.6 Å².